The second-order valence-electron chi connectivity index (χ2n) is 6.81. The molecule has 1 saturated carbocycles. The van der Waals surface area contributed by atoms with Crippen molar-refractivity contribution in [3.05, 3.63) is 18.2 Å². The number of amides is 2. The molecule has 0 aromatic heterocycles. The Morgan fingerprint density at radius 1 is 1.09 bits per heavy atom. The molecular formula is C17H24N2O4. The van der Waals surface area contributed by atoms with Crippen LogP contribution < -0.4 is 20.1 Å². The first-order chi connectivity index (χ1) is 10.7. The van der Waals surface area contributed by atoms with Gasteiger partial charge in [0.15, 0.2) is 0 Å². The van der Waals surface area contributed by atoms with Gasteiger partial charge in [-0.05, 0) is 45.7 Å². The lowest BCUT2D eigenvalue weighted by Gasteiger charge is -2.24. The maximum Gasteiger partial charge on any atom is 0.240 e. The Morgan fingerprint density at radius 2 is 1.74 bits per heavy atom. The maximum atomic E-state index is 12.6. The van der Waals surface area contributed by atoms with Crippen LogP contribution in [0.25, 0.3) is 0 Å². The van der Waals surface area contributed by atoms with Gasteiger partial charge in [-0.3, -0.25) is 9.59 Å². The molecule has 0 radical (unpaired) electrons. The third-order valence-electron chi connectivity index (χ3n) is 3.76. The number of anilines is 1. The molecule has 2 rings (SSSR count). The van der Waals surface area contributed by atoms with Gasteiger partial charge in [-0.25, -0.2) is 0 Å². The minimum Gasteiger partial charge on any atom is -0.497 e. The van der Waals surface area contributed by atoms with Crippen molar-refractivity contribution in [1.29, 1.82) is 0 Å². The van der Waals surface area contributed by atoms with Gasteiger partial charge in [0, 0.05) is 11.6 Å². The summed E-state index contributed by atoms with van der Waals surface area (Å²) < 4.78 is 10.4. The number of carbonyl (C=O) groups is 2. The van der Waals surface area contributed by atoms with E-state index in [0.29, 0.717) is 30.0 Å². The molecule has 0 aliphatic heterocycles. The molecule has 1 fully saturated rings. The molecule has 1 aliphatic rings. The van der Waals surface area contributed by atoms with Gasteiger partial charge in [0.05, 0.1) is 19.9 Å². The highest BCUT2D eigenvalue weighted by atomic mass is 16.5. The number of hydrogen-bond donors (Lipinski definition) is 2. The van der Waals surface area contributed by atoms with E-state index in [9.17, 15) is 9.59 Å². The second-order valence-corrected chi connectivity index (χ2v) is 6.81. The average Bonchev–Trinajstić information content (AvgIpc) is 3.27. The normalized spacial score (nSPS) is 15.5. The minimum atomic E-state index is -0.974. The van der Waals surface area contributed by atoms with Crippen molar-refractivity contribution in [3.63, 3.8) is 0 Å². The van der Waals surface area contributed by atoms with Crippen LogP contribution in [0.5, 0.6) is 11.5 Å². The van der Waals surface area contributed by atoms with Gasteiger partial charge in [0.1, 0.15) is 16.9 Å². The molecule has 126 valence electrons. The first-order valence-corrected chi connectivity index (χ1v) is 7.58. The zero-order chi connectivity index (χ0) is 17.3. The first-order valence-electron chi connectivity index (χ1n) is 7.58. The number of carbonyl (C=O) groups excluding carboxylic acids is 2. The van der Waals surface area contributed by atoms with Gasteiger partial charge in [-0.2, -0.15) is 0 Å². The van der Waals surface area contributed by atoms with E-state index >= 15 is 0 Å². The summed E-state index contributed by atoms with van der Waals surface area (Å²) in [7, 11) is 3.08. The van der Waals surface area contributed by atoms with Crippen LogP contribution in [0.15, 0.2) is 18.2 Å². The third-order valence-corrected chi connectivity index (χ3v) is 3.76. The number of nitrogens with one attached hydrogen (secondary N) is 2. The van der Waals surface area contributed by atoms with Gasteiger partial charge in [-0.15, -0.1) is 0 Å². The lowest BCUT2D eigenvalue weighted by Crippen LogP contribution is -2.48. The molecule has 0 spiro atoms. The van der Waals surface area contributed by atoms with Gasteiger partial charge in [0.2, 0.25) is 11.8 Å². The predicted molar refractivity (Wildman–Crippen MR) is 87.7 cm³/mol. The fraction of sp³-hybridized carbons (Fsp3) is 0.529. The van der Waals surface area contributed by atoms with Crippen LogP contribution in [0.4, 0.5) is 5.69 Å². The van der Waals surface area contributed by atoms with Crippen LogP contribution in [0, 0.1) is 5.41 Å². The van der Waals surface area contributed by atoms with Gasteiger partial charge < -0.3 is 20.1 Å². The summed E-state index contributed by atoms with van der Waals surface area (Å²) in [5, 5.41) is 5.69. The van der Waals surface area contributed by atoms with E-state index in [1.54, 1.807) is 25.3 Å². The molecule has 1 aromatic rings. The molecule has 6 heteroatoms. The van der Waals surface area contributed by atoms with E-state index in [1.165, 1.54) is 7.11 Å². The van der Waals surface area contributed by atoms with E-state index in [1.807, 2.05) is 20.8 Å². The summed E-state index contributed by atoms with van der Waals surface area (Å²) in [6, 6.07) is 5.12. The van der Waals surface area contributed by atoms with Crippen molar-refractivity contribution >= 4 is 17.5 Å². The second kappa shape index (κ2) is 6.10. The Hall–Kier alpha value is -2.24. The molecule has 2 amide bonds. The first kappa shape index (κ1) is 17.1. The molecule has 1 aromatic carbocycles. The zero-order valence-electron chi connectivity index (χ0n) is 14.3. The summed E-state index contributed by atoms with van der Waals surface area (Å²) in [5.74, 6) is 0.592. The Kier molecular flexibility index (Phi) is 4.54. The van der Waals surface area contributed by atoms with Crippen molar-refractivity contribution in [3.8, 4) is 11.5 Å². The zero-order valence-corrected chi connectivity index (χ0v) is 14.3. The topological polar surface area (TPSA) is 76.7 Å². The highest BCUT2D eigenvalue weighted by Gasteiger charge is 2.57. The van der Waals surface area contributed by atoms with Crippen LogP contribution in [0.2, 0.25) is 0 Å². The lowest BCUT2D eigenvalue weighted by molar-refractivity contribution is -0.135. The van der Waals surface area contributed by atoms with E-state index < -0.39 is 5.41 Å². The van der Waals surface area contributed by atoms with Crippen LogP contribution in [0.1, 0.15) is 33.6 Å². The van der Waals surface area contributed by atoms with Crippen molar-refractivity contribution in [1.82, 2.24) is 5.32 Å². The molecule has 6 nitrogen and oxygen atoms in total. The molecule has 0 heterocycles. The number of ether oxygens (including phenoxy) is 2. The monoisotopic (exact) mass is 320 g/mol. The molecular weight excluding hydrogens is 296 g/mol. The summed E-state index contributed by atoms with van der Waals surface area (Å²) in [6.45, 7) is 5.68. The molecule has 0 saturated heterocycles. The van der Waals surface area contributed by atoms with Gasteiger partial charge in [-0.1, -0.05) is 0 Å². The Morgan fingerprint density at radius 3 is 2.22 bits per heavy atom. The number of hydrogen-bond acceptors (Lipinski definition) is 4. The molecule has 1 aliphatic carbocycles. The summed E-state index contributed by atoms with van der Waals surface area (Å²) >= 11 is 0. The third kappa shape index (κ3) is 3.75. The summed E-state index contributed by atoms with van der Waals surface area (Å²) in [4.78, 5) is 25.0. The number of rotatable bonds is 5. The van der Waals surface area contributed by atoms with E-state index in [2.05, 4.69) is 10.6 Å². The molecule has 2 N–H and O–H groups in total. The molecule has 0 bridgehead atoms. The van der Waals surface area contributed by atoms with Crippen LogP contribution in [0.3, 0.4) is 0 Å². The van der Waals surface area contributed by atoms with Crippen molar-refractivity contribution < 1.29 is 19.1 Å². The Bertz CT molecular complexity index is 616. The fourth-order valence-corrected chi connectivity index (χ4v) is 2.29. The van der Waals surface area contributed by atoms with Crippen LogP contribution in [-0.2, 0) is 9.59 Å². The fourth-order valence-electron chi connectivity index (χ4n) is 2.29. The van der Waals surface area contributed by atoms with Crippen molar-refractivity contribution in [2.75, 3.05) is 19.5 Å². The maximum absolute atomic E-state index is 12.6. The quantitative estimate of drug-likeness (QED) is 0.817. The standard InChI is InChI=1S/C17H24N2O4/c1-16(2,3)19-15(21)17(8-9-17)14(20)18-12-7-6-11(22-4)10-13(12)23-5/h6-7,10H,8-9H2,1-5H3,(H,18,20)(H,19,21). The Balaban J connectivity index is 2.14. The van der Waals surface area contributed by atoms with Gasteiger partial charge >= 0.3 is 0 Å². The lowest BCUT2D eigenvalue weighted by atomic mass is 10.0. The highest BCUT2D eigenvalue weighted by molar-refractivity contribution is 6.13. The predicted octanol–water partition coefficient (Wildman–Crippen LogP) is 2.34. The molecule has 0 atom stereocenters. The molecule has 23 heavy (non-hydrogen) atoms. The summed E-state index contributed by atoms with van der Waals surface area (Å²) in [5.41, 5.74) is -0.823. The average molecular weight is 320 g/mol. The highest BCUT2D eigenvalue weighted by Crippen LogP contribution is 2.47. The largest absolute Gasteiger partial charge is 0.497 e. The number of methoxy groups -OCH3 is 2. The SMILES string of the molecule is COc1ccc(NC(=O)C2(C(=O)NC(C)(C)C)CC2)c(OC)c1. The van der Waals surface area contributed by atoms with Crippen LogP contribution >= 0.6 is 0 Å². The van der Waals surface area contributed by atoms with Crippen molar-refractivity contribution in [2.45, 2.75) is 39.2 Å². The Labute approximate surface area is 136 Å². The smallest absolute Gasteiger partial charge is 0.240 e. The summed E-state index contributed by atoms with van der Waals surface area (Å²) in [6.07, 6.45) is 1.11. The van der Waals surface area contributed by atoms with Crippen LogP contribution in [-0.4, -0.2) is 31.6 Å². The van der Waals surface area contributed by atoms with E-state index in [4.69, 9.17) is 9.47 Å². The number of benzene rings is 1. The molecule has 0 unspecified atom stereocenters. The minimum absolute atomic E-state index is 0.227. The van der Waals surface area contributed by atoms with Crippen molar-refractivity contribution in [2.24, 2.45) is 5.41 Å². The van der Waals surface area contributed by atoms with E-state index in [0.717, 1.165) is 0 Å². The van der Waals surface area contributed by atoms with E-state index in [-0.39, 0.29) is 17.4 Å². The van der Waals surface area contributed by atoms with Gasteiger partial charge in [0.25, 0.3) is 0 Å².